The van der Waals surface area contributed by atoms with Crippen LogP contribution in [0.3, 0.4) is 0 Å². The number of nitrogens with zero attached hydrogens (tertiary/aromatic N) is 1. The van der Waals surface area contributed by atoms with Crippen molar-refractivity contribution < 1.29 is 0 Å². The lowest BCUT2D eigenvalue weighted by Gasteiger charge is -2.39. The van der Waals surface area contributed by atoms with Crippen LogP contribution in [-0.2, 0) is 0 Å². The second-order valence-electron chi connectivity index (χ2n) is 5.91. The monoisotopic (exact) mass is 246 g/mol. The SMILES string of the molecule is CC(C)CC(c1ccccc1)N1CCNC(C)C1. The minimum atomic E-state index is 0.579. The van der Waals surface area contributed by atoms with E-state index in [9.17, 15) is 0 Å². The van der Waals surface area contributed by atoms with Gasteiger partial charge in [0.15, 0.2) is 0 Å². The molecule has 1 aliphatic heterocycles. The van der Waals surface area contributed by atoms with Gasteiger partial charge < -0.3 is 5.32 Å². The van der Waals surface area contributed by atoms with E-state index in [1.807, 2.05) is 0 Å². The maximum absolute atomic E-state index is 3.53. The summed E-state index contributed by atoms with van der Waals surface area (Å²) in [7, 11) is 0. The van der Waals surface area contributed by atoms with Gasteiger partial charge in [-0.2, -0.15) is 0 Å². The van der Waals surface area contributed by atoms with Gasteiger partial charge in [-0.3, -0.25) is 4.90 Å². The summed E-state index contributed by atoms with van der Waals surface area (Å²) in [4.78, 5) is 2.65. The molecular weight excluding hydrogens is 220 g/mol. The number of rotatable bonds is 4. The van der Waals surface area contributed by atoms with Gasteiger partial charge in [-0.25, -0.2) is 0 Å². The van der Waals surface area contributed by atoms with E-state index < -0.39 is 0 Å². The minimum Gasteiger partial charge on any atom is -0.312 e. The van der Waals surface area contributed by atoms with Crippen molar-refractivity contribution in [2.45, 2.75) is 39.3 Å². The average molecular weight is 246 g/mol. The highest BCUT2D eigenvalue weighted by atomic mass is 15.2. The highest BCUT2D eigenvalue weighted by Gasteiger charge is 2.25. The quantitative estimate of drug-likeness (QED) is 0.878. The topological polar surface area (TPSA) is 15.3 Å². The third kappa shape index (κ3) is 3.56. The zero-order chi connectivity index (χ0) is 13.0. The van der Waals surface area contributed by atoms with E-state index in [4.69, 9.17) is 0 Å². The van der Waals surface area contributed by atoms with E-state index >= 15 is 0 Å². The van der Waals surface area contributed by atoms with Crippen LogP contribution in [0.5, 0.6) is 0 Å². The van der Waals surface area contributed by atoms with Crippen LogP contribution in [0.15, 0.2) is 30.3 Å². The molecule has 100 valence electrons. The lowest BCUT2D eigenvalue weighted by atomic mass is 9.94. The van der Waals surface area contributed by atoms with E-state index in [1.165, 1.54) is 12.0 Å². The molecule has 2 nitrogen and oxygen atoms in total. The second-order valence-corrected chi connectivity index (χ2v) is 5.91. The molecular formula is C16H26N2. The lowest BCUT2D eigenvalue weighted by Crippen LogP contribution is -2.50. The summed E-state index contributed by atoms with van der Waals surface area (Å²) in [6, 6.07) is 12.2. The molecule has 0 bridgehead atoms. The highest BCUT2D eigenvalue weighted by Crippen LogP contribution is 2.28. The Kier molecular flexibility index (Phi) is 4.79. The summed E-state index contributed by atoms with van der Waals surface area (Å²) in [6.45, 7) is 10.4. The predicted octanol–water partition coefficient (Wildman–Crippen LogP) is 3.07. The molecule has 18 heavy (non-hydrogen) atoms. The van der Waals surface area contributed by atoms with Crippen LogP contribution >= 0.6 is 0 Å². The van der Waals surface area contributed by atoms with Crippen LogP contribution < -0.4 is 5.32 Å². The Labute approximate surface area is 111 Å². The van der Waals surface area contributed by atoms with E-state index in [2.05, 4.69) is 61.3 Å². The molecule has 1 N–H and O–H groups in total. The fraction of sp³-hybridized carbons (Fsp3) is 0.625. The van der Waals surface area contributed by atoms with E-state index in [1.54, 1.807) is 0 Å². The van der Waals surface area contributed by atoms with Crippen LogP contribution in [0.1, 0.15) is 38.8 Å². The summed E-state index contributed by atoms with van der Waals surface area (Å²) in [5.74, 6) is 0.736. The molecule has 0 amide bonds. The van der Waals surface area contributed by atoms with Crippen molar-refractivity contribution in [3.05, 3.63) is 35.9 Å². The summed E-state index contributed by atoms with van der Waals surface area (Å²) < 4.78 is 0. The zero-order valence-corrected chi connectivity index (χ0v) is 11.9. The first-order chi connectivity index (χ1) is 8.66. The van der Waals surface area contributed by atoms with E-state index in [0.717, 1.165) is 25.6 Å². The molecule has 2 atom stereocenters. The minimum absolute atomic E-state index is 0.579. The Bertz CT molecular complexity index is 347. The standard InChI is InChI=1S/C16H26N2/c1-13(2)11-16(15-7-5-4-6-8-15)18-10-9-17-14(3)12-18/h4-8,13-14,16-17H,9-12H2,1-3H3. The molecule has 2 unspecified atom stereocenters. The highest BCUT2D eigenvalue weighted by molar-refractivity contribution is 5.19. The predicted molar refractivity (Wildman–Crippen MR) is 77.7 cm³/mol. The van der Waals surface area contributed by atoms with Crippen LogP contribution in [0.25, 0.3) is 0 Å². The number of benzene rings is 1. The van der Waals surface area contributed by atoms with Gasteiger partial charge >= 0.3 is 0 Å². The van der Waals surface area contributed by atoms with Crippen molar-refractivity contribution in [1.82, 2.24) is 10.2 Å². The number of hydrogen-bond donors (Lipinski definition) is 1. The van der Waals surface area contributed by atoms with Gasteiger partial charge in [0, 0.05) is 31.7 Å². The van der Waals surface area contributed by atoms with Gasteiger partial charge in [0.2, 0.25) is 0 Å². The molecule has 0 spiro atoms. The fourth-order valence-electron chi connectivity index (χ4n) is 2.86. The second kappa shape index (κ2) is 6.35. The third-order valence-corrected chi connectivity index (χ3v) is 3.72. The Morgan fingerprint density at radius 3 is 2.61 bits per heavy atom. The number of nitrogens with one attached hydrogen (secondary N) is 1. The van der Waals surface area contributed by atoms with Crippen molar-refractivity contribution in [1.29, 1.82) is 0 Å². The first-order valence-electron chi connectivity index (χ1n) is 7.19. The van der Waals surface area contributed by atoms with Gasteiger partial charge in [0.1, 0.15) is 0 Å². The van der Waals surface area contributed by atoms with E-state index in [0.29, 0.717) is 12.1 Å². The maximum atomic E-state index is 3.53. The molecule has 1 heterocycles. The molecule has 0 aromatic heterocycles. The summed E-state index contributed by atoms with van der Waals surface area (Å²) in [5.41, 5.74) is 1.47. The molecule has 0 aliphatic carbocycles. The van der Waals surface area contributed by atoms with Gasteiger partial charge in [-0.05, 0) is 24.8 Å². The third-order valence-electron chi connectivity index (χ3n) is 3.72. The van der Waals surface area contributed by atoms with Crippen LogP contribution in [-0.4, -0.2) is 30.6 Å². The Hall–Kier alpha value is -0.860. The van der Waals surface area contributed by atoms with Crippen molar-refractivity contribution in [3.8, 4) is 0 Å². The molecule has 0 radical (unpaired) electrons. The van der Waals surface area contributed by atoms with Gasteiger partial charge in [-0.1, -0.05) is 44.2 Å². The van der Waals surface area contributed by atoms with E-state index in [-0.39, 0.29) is 0 Å². The van der Waals surface area contributed by atoms with Crippen LogP contribution in [0.2, 0.25) is 0 Å². The number of hydrogen-bond acceptors (Lipinski definition) is 2. The smallest absolute Gasteiger partial charge is 0.0351 e. The fourth-order valence-corrected chi connectivity index (χ4v) is 2.86. The van der Waals surface area contributed by atoms with Crippen molar-refractivity contribution in [2.24, 2.45) is 5.92 Å². The van der Waals surface area contributed by atoms with Crippen LogP contribution in [0.4, 0.5) is 0 Å². The van der Waals surface area contributed by atoms with Gasteiger partial charge in [-0.15, -0.1) is 0 Å². The number of piperazine rings is 1. The molecule has 1 fully saturated rings. The zero-order valence-electron chi connectivity index (χ0n) is 11.9. The molecule has 2 rings (SSSR count). The first-order valence-corrected chi connectivity index (χ1v) is 7.19. The van der Waals surface area contributed by atoms with Gasteiger partial charge in [0.25, 0.3) is 0 Å². The molecule has 0 saturated carbocycles. The lowest BCUT2D eigenvalue weighted by molar-refractivity contribution is 0.132. The summed E-state index contributed by atoms with van der Waals surface area (Å²) >= 11 is 0. The molecule has 1 aromatic rings. The Morgan fingerprint density at radius 2 is 2.00 bits per heavy atom. The first kappa shape index (κ1) is 13.6. The van der Waals surface area contributed by atoms with Crippen LogP contribution in [0, 0.1) is 5.92 Å². The maximum Gasteiger partial charge on any atom is 0.0351 e. The van der Waals surface area contributed by atoms with Gasteiger partial charge in [0.05, 0.1) is 0 Å². The Balaban J connectivity index is 2.14. The molecule has 1 aromatic carbocycles. The van der Waals surface area contributed by atoms with Crippen molar-refractivity contribution in [2.75, 3.05) is 19.6 Å². The average Bonchev–Trinajstić information content (AvgIpc) is 2.37. The molecule has 2 heteroatoms. The van der Waals surface area contributed by atoms with Crippen molar-refractivity contribution in [3.63, 3.8) is 0 Å². The molecule has 1 aliphatic rings. The summed E-state index contributed by atoms with van der Waals surface area (Å²) in [6.07, 6.45) is 1.25. The largest absolute Gasteiger partial charge is 0.312 e. The Morgan fingerprint density at radius 1 is 1.28 bits per heavy atom. The molecule has 1 saturated heterocycles. The normalized spacial score (nSPS) is 23.2. The van der Waals surface area contributed by atoms with Crippen molar-refractivity contribution >= 4 is 0 Å². The summed E-state index contributed by atoms with van der Waals surface area (Å²) in [5, 5.41) is 3.53.